The van der Waals surface area contributed by atoms with E-state index in [9.17, 15) is 5.26 Å². The van der Waals surface area contributed by atoms with Gasteiger partial charge in [-0.1, -0.05) is 24.3 Å². The van der Waals surface area contributed by atoms with Crippen molar-refractivity contribution in [2.75, 3.05) is 19.4 Å². The van der Waals surface area contributed by atoms with Crippen LogP contribution in [0.1, 0.15) is 11.1 Å². The molecule has 5 aromatic rings. The Morgan fingerprint density at radius 3 is 2.81 bits per heavy atom. The van der Waals surface area contributed by atoms with Crippen LogP contribution >= 0.6 is 11.3 Å². The summed E-state index contributed by atoms with van der Waals surface area (Å²) in [5.74, 6) is 0. The van der Waals surface area contributed by atoms with Gasteiger partial charge in [-0.3, -0.25) is 0 Å². The van der Waals surface area contributed by atoms with Crippen LogP contribution in [0.3, 0.4) is 0 Å². The fraction of sp³-hybridized carbons (Fsp3) is 0.120. The first kappa shape index (κ1) is 19.3. The van der Waals surface area contributed by atoms with E-state index in [-0.39, 0.29) is 0 Å². The van der Waals surface area contributed by atoms with E-state index in [0.717, 1.165) is 43.9 Å². The second-order valence-electron chi connectivity index (χ2n) is 7.80. The number of aromatic amines is 1. The third kappa shape index (κ3) is 3.66. The smallest absolute Gasteiger partial charge is 0.126 e. The van der Waals surface area contributed by atoms with Gasteiger partial charge in [0.05, 0.1) is 11.3 Å². The minimum Gasteiger partial charge on any atom is -0.361 e. The second kappa shape index (κ2) is 7.88. The van der Waals surface area contributed by atoms with Gasteiger partial charge in [0.15, 0.2) is 0 Å². The highest BCUT2D eigenvalue weighted by molar-refractivity contribution is 7.22. The maximum absolute atomic E-state index is 9.74. The molecule has 5 rings (SSSR count). The van der Waals surface area contributed by atoms with E-state index in [4.69, 9.17) is 0 Å². The SMILES string of the molecule is CN(C)Cc1cccc(-c2cc3c(Nc4cccc5[nH]ccc45)c(C#N)cnc3s2)c1. The van der Waals surface area contributed by atoms with Crippen molar-refractivity contribution >= 4 is 43.8 Å². The normalized spacial score (nSPS) is 11.3. The Balaban J connectivity index is 1.61. The maximum atomic E-state index is 9.74. The van der Waals surface area contributed by atoms with E-state index in [2.05, 4.69) is 70.7 Å². The Morgan fingerprint density at radius 1 is 1.10 bits per heavy atom. The van der Waals surface area contributed by atoms with E-state index >= 15 is 0 Å². The Bertz CT molecular complexity index is 1440. The number of rotatable bonds is 5. The number of H-pyrrole nitrogens is 1. The highest BCUT2D eigenvalue weighted by Gasteiger charge is 2.15. The molecular weight excluding hydrogens is 402 g/mol. The van der Waals surface area contributed by atoms with Crippen LogP contribution in [0, 0.1) is 11.3 Å². The summed E-state index contributed by atoms with van der Waals surface area (Å²) >= 11 is 1.65. The molecule has 3 aromatic heterocycles. The molecule has 0 saturated carbocycles. The largest absolute Gasteiger partial charge is 0.361 e. The van der Waals surface area contributed by atoms with E-state index in [0.29, 0.717) is 5.56 Å². The van der Waals surface area contributed by atoms with Crippen molar-refractivity contribution in [3.8, 4) is 16.5 Å². The minimum absolute atomic E-state index is 0.533. The third-order valence-corrected chi connectivity index (χ3v) is 6.34. The van der Waals surface area contributed by atoms with Crippen molar-refractivity contribution in [1.29, 1.82) is 5.26 Å². The van der Waals surface area contributed by atoms with Gasteiger partial charge < -0.3 is 15.2 Å². The van der Waals surface area contributed by atoms with Gasteiger partial charge in [-0.15, -0.1) is 11.3 Å². The summed E-state index contributed by atoms with van der Waals surface area (Å²) in [6.45, 7) is 0.892. The first-order chi connectivity index (χ1) is 15.1. The summed E-state index contributed by atoms with van der Waals surface area (Å²) in [6, 6.07) is 21.1. The van der Waals surface area contributed by atoms with Crippen molar-refractivity contribution in [2.24, 2.45) is 0 Å². The molecule has 0 atom stereocenters. The molecule has 0 aliphatic heterocycles. The lowest BCUT2D eigenvalue weighted by atomic mass is 10.1. The van der Waals surface area contributed by atoms with Gasteiger partial charge in [0, 0.05) is 45.8 Å². The fourth-order valence-corrected chi connectivity index (χ4v) is 4.87. The van der Waals surface area contributed by atoms with E-state index in [1.165, 1.54) is 11.1 Å². The topological polar surface area (TPSA) is 67.7 Å². The molecule has 0 saturated heterocycles. The lowest BCUT2D eigenvalue weighted by Crippen LogP contribution is -2.10. The molecule has 31 heavy (non-hydrogen) atoms. The summed E-state index contributed by atoms with van der Waals surface area (Å²) < 4.78 is 0. The Labute approximate surface area is 184 Å². The fourth-order valence-electron chi connectivity index (χ4n) is 3.87. The molecule has 0 spiro atoms. The Kier molecular flexibility index (Phi) is 4.91. The molecule has 152 valence electrons. The molecule has 0 fully saturated rings. The molecule has 0 radical (unpaired) electrons. The molecule has 2 aromatic carbocycles. The number of hydrogen-bond donors (Lipinski definition) is 2. The highest BCUT2D eigenvalue weighted by Crippen LogP contribution is 2.39. The zero-order valence-corrected chi connectivity index (χ0v) is 18.1. The number of fused-ring (bicyclic) bond motifs is 2. The van der Waals surface area contributed by atoms with Crippen LogP contribution in [0.4, 0.5) is 11.4 Å². The van der Waals surface area contributed by atoms with Gasteiger partial charge in [-0.25, -0.2) is 4.98 Å². The highest BCUT2D eigenvalue weighted by atomic mass is 32.1. The van der Waals surface area contributed by atoms with Crippen molar-refractivity contribution < 1.29 is 0 Å². The summed E-state index contributed by atoms with van der Waals surface area (Å²) in [4.78, 5) is 12.0. The van der Waals surface area contributed by atoms with Gasteiger partial charge in [-0.2, -0.15) is 5.26 Å². The number of aromatic nitrogens is 2. The molecule has 0 unspecified atom stereocenters. The molecule has 3 heterocycles. The minimum atomic E-state index is 0.533. The summed E-state index contributed by atoms with van der Waals surface area (Å²) in [5, 5.41) is 15.3. The van der Waals surface area contributed by atoms with Crippen LogP contribution in [0.2, 0.25) is 0 Å². The predicted molar refractivity (Wildman–Crippen MR) is 129 cm³/mol. The van der Waals surface area contributed by atoms with E-state index in [1.54, 1.807) is 17.5 Å². The molecule has 6 heteroatoms. The average molecular weight is 424 g/mol. The quantitative estimate of drug-likeness (QED) is 0.357. The van der Waals surface area contributed by atoms with Crippen molar-refractivity contribution in [2.45, 2.75) is 6.54 Å². The monoisotopic (exact) mass is 423 g/mol. The van der Waals surface area contributed by atoms with Crippen LogP contribution in [0.25, 0.3) is 31.6 Å². The Morgan fingerprint density at radius 2 is 1.97 bits per heavy atom. The van der Waals surface area contributed by atoms with Crippen LogP contribution in [0.15, 0.2) is 67.0 Å². The zero-order chi connectivity index (χ0) is 21.4. The van der Waals surface area contributed by atoms with E-state index in [1.807, 2.05) is 30.5 Å². The molecule has 0 aliphatic carbocycles. The molecule has 0 amide bonds. The lowest BCUT2D eigenvalue weighted by Gasteiger charge is -2.11. The van der Waals surface area contributed by atoms with Gasteiger partial charge in [0.2, 0.25) is 0 Å². The van der Waals surface area contributed by atoms with Crippen molar-refractivity contribution in [3.63, 3.8) is 0 Å². The predicted octanol–water partition coefficient (Wildman–Crippen LogP) is 6.12. The number of thiophene rings is 1. The number of nitrogens with zero attached hydrogens (tertiary/aromatic N) is 3. The molecule has 0 aliphatic rings. The summed E-state index contributed by atoms with van der Waals surface area (Å²) in [7, 11) is 4.14. The first-order valence-corrected chi connectivity index (χ1v) is 10.8. The van der Waals surface area contributed by atoms with Gasteiger partial charge >= 0.3 is 0 Å². The van der Waals surface area contributed by atoms with Crippen LogP contribution in [0.5, 0.6) is 0 Å². The number of anilines is 2. The van der Waals surface area contributed by atoms with Crippen LogP contribution < -0.4 is 5.32 Å². The molecular formula is C25H21N5S. The number of nitriles is 1. The maximum Gasteiger partial charge on any atom is 0.126 e. The number of nitrogens with one attached hydrogen (secondary N) is 2. The zero-order valence-electron chi connectivity index (χ0n) is 17.3. The van der Waals surface area contributed by atoms with Crippen LogP contribution in [-0.2, 0) is 6.54 Å². The van der Waals surface area contributed by atoms with Crippen LogP contribution in [-0.4, -0.2) is 29.0 Å². The average Bonchev–Trinajstić information content (AvgIpc) is 3.41. The summed E-state index contributed by atoms with van der Waals surface area (Å²) in [6.07, 6.45) is 3.58. The summed E-state index contributed by atoms with van der Waals surface area (Å²) in [5.41, 5.74) is 5.78. The van der Waals surface area contributed by atoms with Gasteiger partial charge in [-0.05, 0) is 55.6 Å². The third-order valence-electron chi connectivity index (χ3n) is 5.25. The molecule has 0 bridgehead atoms. The van der Waals surface area contributed by atoms with Crippen molar-refractivity contribution in [3.05, 3.63) is 78.1 Å². The standard InChI is InChI=1S/C25H21N5S/c1-30(2)15-16-5-3-6-17(11-16)23-12-20-24(18(13-26)14-28-25(20)31-23)29-22-8-4-7-21-19(22)9-10-27-21/h3-12,14,27H,15H2,1-2H3,(H,28,29). The van der Waals surface area contributed by atoms with Crippen molar-refractivity contribution in [1.82, 2.24) is 14.9 Å². The van der Waals surface area contributed by atoms with Gasteiger partial charge in [0.1, 0.15) is 10.9 Å². The number of pyridine rings is 1. The number of benzene rings is 2. The Hall–Kier alpha value is -3.66. The molecule has 5 nitrogen and oxygen atoms in total. The van der Waals surface area contributed by atoms with E-state index < -0.39 is 0 Å². The first-order valence-electron chi connectivity index (χ1n) is 10.0. The second-order valence-corrected chi connectivity index (χ2v) is 8.83. The van der Waals surface area contributed by atoms with Gasteiger partial charge in [0.25, 0.3) is 0 Å². The number of hydrogen-bond acceptors (Lipinski definition) is 5. The molecule has 2 N–H and O–H groups in total. The lowest BCUT2D eigenvalue weighted by molar-refractivity contribution is 0.402.